The number of hydrogen-bond donors (Lipinski definition) is 2. The van der Waals surface area contributed by atoms with E-state index in [4.69, 9.17) is 0 Å². The third-order valence-corrected chi connectivity index (χ3v) is 3.67. The van der Waals surface area contributed by atoms with Crippen molar-refractivity contribution >= 4 is 33.3 Å². The number of hydrazine groups is 1. The van der Waals surface area contributed by atoms with Crippen molar-refractivity contribution < 1.29 is 0 Å². The van der Waals surface area contributed by atoms with Gasteiger partial charge in [0.05, 0.1) is 5.69 Å². The normalized spacial score (nSPS) is 12.8. The number of anilines is 1. The number of rotatable bonds is 0. The quantitative estimate of drug-likeness (QED) is 0.652. The number of hydrogen-bond acceptors (Lipinski definition) is 3. The van der Waals surface area contributed by atoms with Crippen LogP contribution < -0.4 is 16.3 Å². The summed E-state index contributed by atoms with van der Waals surface area (Å²) in [6.07, 6.45) is 3.54. The summed E-state index contributed by atoms with van der Waals surface area (Å²) >= 11 is 0. The molecule has 0 saturated heterocycles. The SMILES string of the molecule is O=c1c2c(ccc3cc4ccccc4cc13)NNC=C2. The molecule has 0 bridgehead atoms. The van der Waals surface area contributed by atoms with Gasteiger partial charge in [-0.3, -0.25) is 4.79 Å². The molecule has 0 amide bonds. The molecule has 1 aliphatic rings. The molecular weight excluding hydrogens is 248 g/mol. The van der Waals surface area contributed by atoms with Crippen LogP contribution in [0.1, 0.15) is 5.56 Å². The zero-order chi connectivity index (χ0) is 13.5. The number of benzene rings is 2. The molecule has 96 valence electrons. The number of fused-ring (bicyclic) bond motifs is 3. The summed E-state index contributed by atoms with van der Waals surface area (Å²) in [6, 6.07) is 16.0. The molecule has 0 radical (unpaired) electrons. The van der Waals surface area contributed by atoms with Crippen LogP contribution in [-0.2, 0) is 0 Å². The average molecular weight is 260 g/mol. The maximum atomic E-state index is 12.7. The first kappa shape index (κ1) is 11.1. The standard InChI is InChI=1S/C17H12N2O/c20-17-14-7-8-18-19-16(14)6-5-13-9-11-3-1-2-4-12(11)10-15(13)17/h1-10,18-19H. The summed E-state index contributed by atoms with van der Waals surface area (Å²) in [5.41, 5.74) is 7.45. The highest BCUT2D eigenvalue weighted by Gasteiger charge is 2.09. The Morgan fingerprint density at radius 2 is 1.65 bits per heavy atom. The second-order valence-corrected chi connectivity index (χ2v) is 4.88. The third-order valence-electron chi connectivity index (χ3n) is 3.67. The highest BCUT2D eigenvalue weighted by atomic mass is 16.1. The van der Waals surface area contributed by atoms with Crippen LogP contribution in [0.4, 0.5) is 5.69 Å². The zero-order valence-corrected chi connectivity index (χ0v) is 10.7. The zero-order valence-electron chi connectivity index (χ0n) is 10.7. The van der Waals surface area contributed by atoms with E-state index >= 15 is 0 Å². The summed E-state index contributed by atoms with van der Waals surface area (Å²) in [5.74, 6) is 0. The summed E-state index contributed by atoms with van der Waals surface area (Å²) in [6.45, 7) is 0. The van der Waals surface area contributed by atoms with Crippen LogP contribution >= 0.6 is 0 Å². The van der Waals surface area contributed by atoms with Gasteiger partial charge in [-0.2, -0.15) is 0 Å². The first-order chi connectivity index (χ1) is 9.83. The minimum Gasteiger partial charge on any atom is -0.308 e. The molecule has 20 heavy (non-hydrogen) atoms. The van der Waals surface area contributed by atoms with Crippen molar-refractivity contribution in [2.75, 3.05) is 5.43 Å². The molecule has 1 heterocycles. The fraction of sp³-hybridized carbons (Fsp3) is 0. The molecule has 0 fully saturated rings. The molecule has 3 aromatic carbocycles. The van der Waals surface area contributed by atoms with E-state index in [1.165, 1.54) is 0 Å². The first-order valence-electron chi connectivity index (χ1n) is 6.51. The van der Waals surface area contributed by atoms with E-state index in [0.717, 1.165) is 27.2 Å². The second-order valence-electron chi connectivity index (χ2n) is 4.88. The lowest BCUT2D eigenvalue weighted by Gasteiger charge is -2.10. The van der Waals surface area contributed by atoms with Gasteiger partial charge >= 0.3 is 0 Å². The fourth-order valence-electron chi connectivity index (χ4n) is 2.64. The van der Waals surface area contributed by atoms with Crippen LogP contribution in [0.2, 0.25) is 0 Å². The van der Waals surface area contributed by atoms with Crippen LogP contribution in [0.3, 0.4) is 0 Å². The Hall–Kier alpha value is -2.81. The molecular formula is C17H12N2O. The third kappa shape index (κ3) is 1.57. The van der Waals surface area contributed by atoms with Gasteiger partial charge in [0.15, 0.2) is 5.43 Å². The van der Waals surface area contributed by atoms with Crippen molar-refractivity contribution in [3.8, 4) is 0 Å². The number of nitrogens with one attached hydrogen (secondary N) is 2. The predicted molar refractivity (Wildman–Crippen MR) is 83.5 cm³/mol. The fourth-order valence-corrected chi connectivity index (χ4v) is 2.64. The lowest BCUT2D eigenvalue weighted by molar-refractivity contribution is 1.05. The van der Waals surface area contributed by atoms with Gasteiger partial charge in [-0.1, -0.05) is 30.3 Å². The Kier molecular flexibility index (Phi) is 2.27. The van der Waals surface area contributed by atoms with Gasteiger partial charge in [0.2, 0.25) is 0 Å². The Balaban J connectivity index is 2.21. The highest BCUT2D eigenvalue weighted by Crippen LogP contribution is 2.23. The van der Waals surface area contributed by atoms with Gasteiger partial charge in [0, 0.05) is 17.1 Å². The van der Waals surface area contributed by atoms with E-state index < -0.39 is 0 Å². The van der Waals surface area contributed by atoms with Crippen molar-refractivity contribution in [3.05, 3.63) is 70.5 Å². The van der Waals surface area contributed by atoms with Crippen LogP contribution in [0.25, 0.3) is 27.6 Å². The summed E-state index contributed by atoms with van der Waals surface area (Å²) in [5, 5.41) is 3.93. The molecule has 4 rings (SSSR count). The van der Waals surface area contributed by atoms with Gasteiger partial charge in [-0.15, -0.1) is 0 Å². The molecule has 3 aromatic rings. The molecule has 0 aliphatic carbocycles. The Labute approximate surface area is 115 Å². The van der Waals surface area contributed by atoms with Crippen molar-refractivity contribution in [3.63, 3.8) is 0 Å². The van der Waals surface area contributed by atoms with Gasteiger partial charge in [-0.25, -0.2) is 0 Å². The second kappa shape index (κ2) is 4.10. The van der Waals surface area contributed by atoms with E-state index in [2.05, 4.69) is 23.0 Å². The van der Waals surface area contributed by atoms with Gasteiger partial charge in [0.1, 0.15) is 0 Å². The molecule has 1 aliphatic heterocycles. The monoisotopic (exact) mass is 260 g/mol. The van der Waals surface area contributed by atoms with Crippen LogP contribution in [0.5, 0.6) is 0 Å². The maximum Gasteiger partial charge on any atom is 0.195 e. The van der Waals surface area contributed by atoms with Crippen LogP contribution in [0.15, 0.2) is 59.5 Å². The average Bonchev–Trinajstić information content (AvgIpc) is 2.64. The van der Waals surface area contributed by atoms with Crippen molar-refractivity contribution in [2.24, 2.45) is 0 Å². The van der Waals surface area contributed by atoms with Gasteiger partial charge in [-0.05, 0) is 40.4 Å². The highest BCUT2D eigenvalue weighted by molar-refractivity contribution is 5.99. The molecule has 0 spiro atoms. The van der Waals surface area contributed by atoms with E-state index in [9.17, 15) is 4.79 Å². The largest absolute Gasteiger partial charge is 0.308 e. The minimum atomic E-state index is 0.0519. The van der Waals surface area contributed by atoms with E-state index in [-0.39, 0.29) is 5.43 Å². The van der Waals surface area contributed by atoms with E-state index in [1.54, 1.807) is 6.20 Å². The molecule has 0 atom stereocenters. The van der Waals surface area contributed by atoms with E-state index in [1.807, 2.05) is 42.5 Å². The van der Waals surface area contributed by atoms with Crippen LogP contribution in [-0.4, -0.2) is 0 Å². The van der Waals surface area contributed by atoms with Gasteiger partial charge < -0.3 is 10.9 Å². The molecule has 0 unspecified atom stereocenters. The molecule has 3 nitrogen and oxygen atoms in total. The van der Waals surface area contributed by atoms with Gasteiger partial charge in [0.25, 0.3) is 0 Å². The van der Waals surface area contributed by atoms with Crippen molar-refractivity contribution in [1.29, 1.82) is 0 Å². The summed E-state index contributed by atoms with van der Waals surface area (Å²) in [7, 11) is 0. The van der Waals surface area contributed by atoms with E-state index in [0.29, 0.717) is 5.56 Å². The Morgan fingerprint density at radius 3 is 2.50 bits per heavy atom. The smallest absolute Gasteiger partial charge is 0.195 e. The molecule has 0 saturated carbocycles. The molecule has 3 heteroatoms. The lowest BCUT2D eigenvalue weighted by atomic mass is 10.0. The van der Waals surface area contributed by atoms with Crippen molar-refractivity contribution in [2.45, 2.75) is 0 Å². The van der Waals surface area contributed by atoms with Crippen molar-refractivity contribution in [1.82, 2.24) is 5.43 Å². The lowest BCUT2D eigenvalue weighted by Crippen LogP contribution is -2.20. The predicted octanol–water partition coefficient (Wildman–Crippen LogP) is 3.25. The summed E-state index contributed by atoms with van der Waals surface area (Å²) < 4.78 is 0. The topological polar surface area (TPSA) is 41.1 Å². The molecule has 0 aromatic heterocycles. The minimum absolute atomic E-state index is 0.0519. The van der Waals surface area contributed by atoms with Crippen LogP contribution in [0, 0.1) is 0 Å². The maximum absolute atomic E-state index is 12.7. The Morgan fingerprint density at radius 1 is 0.850 bits per heavy atom. The molecule has 2 N–H and O–H groups in total. The Bertz CT molecular complexity index is 929. The summed E-state index contributed by atoms with van der Waals surface area (Å²) in [4.78, 5) is 12.7. The first-order valence-corrected chi connectivity index (χ1v) is 6.51.